The molecule has 0 bridgehead atoms. The fourth-order valence-electron chi connectivity index (χ4n) is 3.71. The Morgan fingerprint density at radius 3 is 2.42 bits per heavy atom. The molecule has 0 radical (unpaired) electrons. The van der Waals surface area contributed by atoms with Gasteiger partial charge in [-0.2, -0.15) is 17.0 Å². The van der Waals surface area contributed by atoms with E-state index in [1.165, 1.54) is 4.31 Å². The number of nitrogens with zero attached hydrogens (tertiary/aromatic N) is 3. The molecule has 26 heavy (non-hydrogen) atoms. The molecule has 0 spiro atoms. The first-order valence-electron chi connectivity index (χ1n) is 9.47. The van der Waals surface area contributed by atoms with E-state index in [1.807, 2.05) is 37.4 Å². The molecule has 0 aromatic heterocycles. The second-order valence-corrected chi connectivity index (χ2v) is 9.29. The maximum absolute atomic E-state index is 12.9. The van der Waals surface area contributed by atoms with Crippen molar-refractivity contribution in [2.75, 3.05) is 46.3 Å². The van der Waals surface area contributed by atoms with Gasteiger partial charge < -0.3 is 4.90 Å². The summed E-state index contributed by atoms with van der Waals surface area (Å²) in [6.07, 6.45) is 2.76. The lowest BCUT2D eigenvalue weighted by Crippen LogP contribution is -2.54. The van der Waals surface area contributed by atoms with E-state index in [4.69, 9.17) is 0 Å². The fourth-order valence-corrected chi connectivity index (χ4v) is 5.39. The normalized spacial score (nSPS) is 23.8. The van der Waals surface area contributed by atoms with Crippen LogP contribution in [0.2, 0.25) is 0 Å². The number of rotatable bonds is 6. The number of benzene rings is 1. The van der Waals surface area contributed by atoms with Gasteiger partial charge in [0.15, 0.2) is 0 Å². The third-order valence-corrected chi connectivity index (χ3v) is 7.46. The molecule has 2 heterocycles. The molecule has 3 rings (SSSR count). The maximum Gasteiger partial charge on any atom is 0.282 e. The number of carbonyl (C=O) groups is 1. The number of piperazine rings is 1. The van der Waals surface area contributed by atoms with Gasteiger partial charge in [0.2, 0.25) is 0 Å². The van der Waals surface area contributed by atoms with Crippen LogP contribution in [0.4, 0.5) is 0 Å². The minimum Gasteiger partial charge on any atom is -0.304 e. The molecule has 0 amide bonds. The van der Waals surface area contributed by atoms with Crippen molar-refractivity contribution in [2.24, 2.45) is 5.92 Å². The molecule has 144 valence electrons. The van der Waals surface area contributed by atoms with Gasteiger partial charge in [0.1, 0.15) is 5.78 Å². The van der Waals surface area contributed by atoms with Gasteiger partial charge in [-0.15, -0.1) is 0 Å². The molecule has 0 unspecified atom stereocenters. The summed E-state index contributed by atoms with van der Waals surface area (Å²) in [5, 5.41) is 0. The van der Waals surface area contributed by atoms with Crippen LogP contribution in [0.5, 0.6) is 0 Å². The third kappa shape index (κ3) is 4.71. The quantitative estimate of drug-likeness (QED) is 0.749. The number of likely N-dealkylation sites (N-methyl/N-ethyl adjacent to an activating group) is 1. The van der Waals surface area contributed by atoms with Gasteiger partial charge in [0, 0.05) is 51.6 Å². The predicted molar refractivity (Wildman–Crippen MR) is 102 cm³/mol. The highest BCUT2D eigenvalue weighted by Crippen LogP contribution is 2.24. The minimum absolute atomic E-state index is 0.172. The van der Waals surface area contributed by atoms with Crippen molar-refractivity contribution < 1.29 is 13.2 Å². The summed E-state index contributed by atoms with van der Waals surface area (Å²) in [5.41, 5.74) is 1.15. The third-order valence-electron chi connectivity index (χ3n) is 5.46. The zero-order valence-corrected chi connectivity index (χ0v) is 16.3. The zero-order valence-electron chi connectivity index (χ0n) is 15.5. The molecule has 0 aliphatic carbocycles. The van der Waals surface area contributed by atoms with Crippen molar-refractivity contribution in [3.63, 3.8) is 0 Å². The van der Waals surface area contributed by atoms with E-state index in [-0.39, 0.29) is 11.7 Å². The lowest BCUT2D eigenvalue weighted by Gasteiger charge is -2.38. The maximum atomic E-state index is 12.9. The number of ketones is 1. The highest BCUT2D eigenvalue weighted by molar-refractivity contribution is 7.86. The molecular weight excluding hydrogens is 350 g/mol. The van der Waals surface area contributed by atoms with E-state index in [0.29, 0.717) is 32.6 Å². The van der Waals surface area contributed by atoms with Crippen LogP contribution in [-0.2, 0) is 21.4 Å². The molecule has 2 aliphatic heterocycles. The standard InChI is InChI=1S/C19H29N3O3S/c1-20-12-14-21(15-13-20)26(24,25)22-11-5-8-18(16-22)19(23)10-9-17-6-3-2-4-7-17/h2-4,6-7,18H,5,8-16H2,1H3/t18-/m0/s1. The highest BCUT2D eigenvalue weighted by atomic mass is 32.2. The van der Waals surface area contributed by atoms with Crippen LogP contribution in [0.1, 0.15) is 24.8 Å². The molecule has 2 fully saturated rings. The molecule has 6 nitrogen and oxygen atoms in total. The molecule has 7 heteroatoms. The molecule has 1 atom stereocenters. The first-order valence-corrected chi connectivity index (χ1v) is 10.9. The van der Waals surface area contributed by atoms with Crippen LogP contribution < -0.4 is 0 Å². The Kier molecular flexibility index (Phi) is 6.45. The monoisotopic (exact) mass is 379 g/mol. The van der Waals surface area contributed by atoms with Gasteiger partial charge in [-0.1, -0.05) is 30.3 Å². The predicted octanol–water partition coefficient (Wildman–Crippen LogP) is 1.39. The van der Waals surface area contributed by atoms with Crippen molar-refractivity contribution in [1.29, 1.82) is 0 Å². The van der Waals surface area contributed by atoms with E-state index in [1.54, 1.807) is 4.31 Å². The van der Waals surface area contributed by atoms with Gasteiger partial charge in [-0.25, -0.2) is 0 Å². The number of hydrogen-bond donors (Lipinski definition) is 0. The van der Waals surface area contributed by atoms with E-state index in [0.717, 1.165) is 37.9 Å². The molecule has 0 saturated carbocycles. The average molecular weight is 380 g/mol. The minimum atomic E-state index is -3.45. The van der Waals surface area contributed by atoms with Gasteiger partial charge >= 0.3 is 0 Å². The summed E-state index contributed by atoms with van der Waals surface area (Å²) in [4.78, 5) is 14.8. The number of piperidine rings is 1. The van der Waals surface area contributed by atoms with Gasteiger partial charge in [0.05, 0.1) is 0 Å². The lowest BCUT2D eigenvalue weighted by molar-refractivity contribution is -0.123. The Morgan fingerprint density at radius 2 is 1.73 bits per heavy atom. The Labute approximate surface area is 157 Å². The molecule has 1 aromatic rings. The number of carbonyl (C=O) groups excluding carboxylic acids is 1. The van der Waals surface area contributed by atoms with E-state index >= 15 is 0 Å². The smallest absolute Gasteiger partial charge is 0.282 e. The van der Waals surface area contributed by atoms with Crippen molar-refractivity contribution >= 4 is 16.0 Å². The second kappa shape index (κ2) is 8.61. The molecule has 1 aromatic carbocycles. The number of aryl methyl sites for hydroxylation is 1. The van der Waals surface area contributed by atoms with Crippen LogP contribution in [-0.4, -0.2) is 74.0 Å². The lowest BCUT2D eigenvalue weighted by atomic mass is 9.91. The van der Waals surface area contributed by atoms with Crippen molar-refractivity contribution in [2.45, 2.75) is 25.7 Å². The summed E-state index contributed by atoms with van der Waals surface area (Å²) >= 11 is 0. The first-order chi connectivity index (χ1) is 12.5. The summed E-state index contributed by atoms with van der Waals surface area (Å²) in [6, 6.07) is 9.97. The van der Waals surface area contributed by atoms with Crippen LogP contribution in [0.25, 0.3) is 0 Å². The van der Waals surface area contributed by atoms with Crippen molar-refractivity contribution in [1.82, 2.24) is 13.5 Å². The molecular formula is C19H29N3O3S. The number of hydrogen-bond acceptors (Lipinski definition) is 4. The second-order valence-electron chi connectivity index (χ2n) is 7.36. The molecule has 0 N–H and O–H groups in total. The highest BCUT2D eigenvalue weighted by Gasteiger charge is 2.36. The summed E-state index contributed by atoms with van der Waals surface area (Å²) in [6.45, 7) is 3.43. The van der Waals surface area contributed by atoms with Gasteiger partial charge in [-0.3, -0.25) is 4.79 Å². The SMILES string of the molecule is CN1CCN(S(=O)(=O)N2CCC[C@H](C(=O)CCc3ccccc3)C2)CC1. The van der Waals surface area contributed by atoms with Crippen LogP contribution in [0, 0.1) is 5.92 Å². The summed E-state index contributed by atoms with van der Waals surface area (Å²) in [5.74, 6) is 0.0156. The number of Topliss-reactive ketones (excluding diaryl/α,β-unsaturated/α-hetero) is 1. The summed E-state index contributed by atoms with van der Waals surface area (Å²) in [7, 11) is -1.45. The van der Waals surface area contributed by atoms with E-state index < -0.39 is 10.2 Å². The Morgan fingerprint density at radius 1 is 1.04 bits per heavy atom. The topological polar surface area (TPSA) is 60.9 Å². The van der Waals surface area contributed by atoms with Crippen LogP contribution in [0.15, 0.2) is 30.3 Å². The van der Waals surface area contributed by atoms with Gasteiger partial charge in [-0.05, 0) is 31.9 Å². The van der Waals surface area contributed by atoms with Crippen molar-refractivity contribution in [3.8, 4) is 0 Å². The van der Waals surface area contributed by atoms with Crippen LogP contribution >= 0.6 is 0 Å². The first kappa shape index (κ1) is 19.5. The summed E-state index contributed by atoms with van der Waals surface area (Å²) < 4.78 is 28.9. The van der Waals surface area contributed by atoms with E-state index in [2.05, 4.69) is 4.90 Å². The van der Waals surface area contributed by atoms with E-state index in [9.17, 15) is 13.2 Å². The molecule has 2 aliphatic rings. The Hall–Kier alpha value is -1.28. The van der Waals surface area contributed by atoms with Gasteiger partial charge in [0.25, 0.3) is 10.2 Å². The Balaban J connectivity index is 1.57. The Bertz CT molecular complexity index is 700. The fraction of sp³-hybridized carbons (Fsp3) is 0.632. The van der Waals surface area contributed by atoms with Crippen LogP contribution in [0.3, 0.4) is 0 Å². The largest absolute Gasteiger partial charge is 0.304 e. The van der Waals surface area contributed by atoms with Crippen molar-refractivity contribution in [3.05, 3.63) is 35.9 Å². The average Bonchev–Trinajstić information content (AvgIpc) is 2.67. The zero-order chi connectivity index (χ0) is 18.6. The molecule has 2 saturated heterocycles.